The van der Waals surface area contributed by atoms with Gasteiger partial charge in [0.25, 0.3) is 0 Å². The fourth-order valence-electron chi connectivity index (χ4n) is 3.68. The maximum Gasteiger partial charge on any atom is 0.339 e. The fraction of sp³-hybridized carbons (Fsp3) is 0.318. The van der Waals surface area contributed by atoms with Crippen molar-refractivity contribution >= 4 is 28.4 Å². The van der Waals surface area contributed by atoms with E-state index in [4.69, 9.17) is 4.74 Å². The summed E-state index contributed by atoms with van der Waals surface area (Å²) in [6.45, 7) is 5.52. The van der Waals surface area contributed by atoms with Crippen LogP contribution < -0.4 is 9.80 Å². The Labute approximate surface area is 168 Å². The molecule has 7 heteroatoms. The quantitative estimate of drug-likeness (QED) is 0.630. The molecule has 1 fully saturated rings. The number of hydrogen-bond donors (Lipinski definition) is 0. The van der Waals surface area contributed by atoms with E-state index in [1.165, 1.54) is 12.1 Å². The molecule has 0 spiro atoms. The zero-order chi connectivity index (χ0) is 20.2. The monoisotopic (exact) mass is 394 g/mol. The molecular formula is C22H23FN4O2. The molecule has 1 aliphatic heterocycles. The highest BCUT2D eigenvalue weighted by molar-refractivity contribution is 5.91. The second-order valence-electron chi connectivity index (χ2n) is 6.94. The average molecular weight is 394 g/mol. The van der Waals surface area contributed by atoms with Crippen LogP contribution in [-0.2, 0) is 4.74 Å². The molecule has 0 aliphatic carbocycles. The van der Waals surface area contributed by atoms with Gasteiger partial charge < -0.3 is 14.5 Å². The molecule has 0 saturated carbocycles. The lowest BCUT2D eigenvalue weighted by molar-refractivity contribution is 0.0526. The maximum atomic E-state index is 13.5. The number of esters is 1. The van der Waals surface area contributed by atoms with Crippen molar-refractivity contribution in [3.05, 3.63) is 60.2 Å². The summed E-state index contributed by atoms with van der Waals surface area (Å²) in [5, 5.41) is 0.958. The number of nitrogens with zero attached hydrogens (tertiary/aromatic N) is 4. The van der Waals surface area contributed by atoms with Gasteiger partial charge in [-0.1, -0.05) is 0 Å². The SMILES string of the molecule is CCOC(=O)c1ccc(N2CCCN(c3ccnc4cc(F)ccc34)CC2)nc1. The molecule has 3 aromatic rings. The van der Waals surface area contributed by atoms with Crippen LogP contribution in [0.25, 0.3) is 10.9 Å². The van der Waals surface area contributed by atoms with Crippen molar-refractivity contribution in [2.75, 3.05) is 42.6 Å². The summed E-state index contributed by atoms with van der Waals surface area (Å²) in [7, 11) is 0. The number of halogens is 1. The summed E-state index contributed by atoms with van der Waals surface area (Å²) >= 11 is 0. The van der Waals surface area contributed by atoms with Crippen LogP contribution in [0.2, 0.25) is 0 Å². The van der Waals surface area contributed by atoms with Crippen LogP contribution in [0, 0.1) is 5.82 Å². The topological polar surface area (TPSA) is 58.6 Å². The number of anilines is 2. The third-order valence-corrected chi connectivity index (χ3v) is 5.10. The second kappa shape index (κ2) is 8.43. The van der Waals surface area contributed by atoms with Crippen molar-refractivity contribution in [1.29, 1.82) is 0 Å². The minimum atomic E-state index is -0.352. The highest BCUT2D eigenvalue weighted by Crippen LogP contribution is 2.27. The lowest BCUT2D eigenvalue weighted by Gasteiger charge is -2.25. The molecule has 6 nitrogen and oxygen atoms in total. The van der Waals surface area contributed by atoms with E-state index in [0.717, 1.165) is 49.5 Å². The van der Waals surface area contributed by atoms with Gasteiger partial charge in [-0.05, 0) is 43.7 Å². The first kappa shape index (κ1) is 19.1. The third-order valence-electron chi connectivity index (χ3n) is 5.10. The molecule has 1 aliphatic rings. The Hall–Kier alpha value is -3.22. The first-order chi connectivity index (χ1) is 14.2. The van der Waals surface area contributed by atoms with E-state index < -0.39 is 0 Å². The van der Waals surface area contributed by atoms with Gasteiger partial charge in [0.05, 0.1) is 17.7 Å². The molecule has 0 atom stereocenters. The van der Waals surface area contributed by atoms with Gasteiger partial charge in [-0.25, -0.2) is 14.2 Å². The number of hydrogen-bond acceptors (Lipinski definition) is 6. The van der Waals surface area contributed by atoms with E-state index in [1.54, 1.807) is 31.5 Å². The molecule has 3 heterocycles. The minimum absolute atomic E-state index is 0.276. The predicted octanol–water partition coefficient (Wildman–Crippen LogP) is 3.66. The van der Waals surface area contributed by atoms with Crippen molar-refractivity contribution in [2.45, 2.75) is 13.3 Å². The summed E-state index contributed by atoms with van der Waals surface area (Å²) in [5.74, 6) is 0.220. The lowest BCUT2D eigenvalue weighted by Crippen LogP contribution is -2.31. The van der Waals surface area contributed by atoms with E-state index in [1.807, 2.05) is 12.1 Å². The van der Waals surface area contributed by atoms with Crippen LogP contribution in [0.5, 0.6) is 0 Å². The highest BCUT2D eigenvalue weighted by atomic mass is 19.1. The van der Waals surface area contributed by atoms with Gasteiger partial charge in [0.2, 0.25) is 0 Å². The molecule has 0 amide bonds. The summed E-state index contributed by atoms with van der Waals surface area (Å²) in [5.41, 5.74) is 2.20. The second-order valence-corrected chi connectivity index (χ2v) is 6.94. The molecule has 0 radical (unpaired) electrons. The summed E-state index contributed by atoms with van der Waals surface area (Å²) in [6.07, 6.45) is 4.27. The van der Waals surface area contributed by atoms with Gasteiger partial charge in [0.1, 0.15) is 11.6 Å². The molecule has 150 valence electrons. The summed E-state index contributed by atoms with van der Waals surface area (Å²) in [6, 6.07) is 10.4. The third kappa shape index (κ3) is 4.13. The average Bonchev–Trinajstić information content (AvgIpc) is 2.99. The first-order valence-electron chi connectivity index (χ1n) is 9.83. The predicted molar refractivity (Wildman–Crippen MR) is 111 cm³/mol. The molecule has 0 bridgehead atoms. The van der Waals surface area contributed by atoms with Crippen molar-refractivity contribution in [2.24, 2.45) is 0 Å². The number of aromatic nitrogens is 2. The normalized spacial score (nSPS) is 14.7. The Morgan fingerprint density at radius 1 is 1.07 bits per heavy atom. The van der Waals surface area contributed by atoms with E-state index in [2.05, 4.69) is 19.8 Å². The molecule has 1 aromatic carbocycles. The standard InChI is InChI=1S/C22H23FN4O2/c1-2-29-22(28)16-4-7-21(25-15-16)27-11-3-10-26(12-13-27)20-8-9-24-19-14-17(23)5-6-18(19)20/h4-9,14-15H,2-3,10-13H2,1H3. The van der Waals surface area contributed by atoms with Crippen LogP contribution in [-0.4, -0.2) is 48.7 Å². The Kier molecular flexibility index (Phi) is 5.55. The number of fused-ring (bicyclic) bond motifs is 1. The van der Waals surface area contributed by atoms with Crippen molar-refractivity contribution in [3.8, 4) is 0 Å². The summed E-state index contributed by atoms with van der Waals surface area (Å²) < 4.78 is 18.6. The maximum absolute atomic E-state index is 13.5. The van der Waals surface area contributed by atoms with Crippen molar-refractivity contribution in [1.82, 2.24) is 9.97 Å². The molecule has 0 N–H and O–H groups in total. The van der Waals surface area contributed by atoms with Crippen molar-refractivity contribution < 1.29 is 13.9 Å². The molecule has 29 heavy (non-hydrogen) atoms. The number of carbonyl (C=O) groups is 1. The molecule has 1 saturated heterocycles. The van der Waals surface area contributed by atoms with Gasteiger partial charge in [0.15, 0.2) is 0 Å². The van der Waals surface area contributed by atoms with Crippen LogP contribution in [0.4, 0.5) is 15.9 Å². The van der Waals surface area contributed by atoms with E-state index in [0.29, 0.717) is 17.7 Å². The van der Waals surface area contributed by atoms with Gasteiger partial charge in [-0.15, -0.1) is 0 Å². The van der Waals surface area contributed by atoms with Gasteiger partial charge >= 0.3 is 5.97 Å². The Balaban J connectivity index is 1.49. The Morgan fingerprint density at radius 3 is 2.69 bits per heavy atom. The number of carbonyl (C=O) groups excluding carboxylic acids is 1. The number of benzene rings is 1. The van der Waals surface area contributed by atoms with E-state index in [-0.39, 0.29) is 11.8 Å². The van der Waals surface area contributed by atoms with E-state index >= 15 is 0 Å². The molecular weight excluding hydrogens is 371 g/mol. The lowest BCUT2D eigenvalue weighted by atomic mass is 10.1. The summed E-state index contributed by atoms with van der Waals surface area (Å²) in [4.78, 5) is 25.1. The molecule has 2 aromatic heterocycles. The van der Waals surface area contributed by atoms with Gasteiger partial charge in [-0.3, -0.25) is 4.98 Å². The first-order valence-corrected chi connectivity index (χ1v) is 9.83. The highest BCUT2D eigenvalue weighted by Gasteiger charge is 2.18. The zero-order valence-electron chi connectivity index (χ0n) is 16.3. The number of ether oxygens (including phenoxy) is 1. The smallest absolute Gasteiger partial charge is 0.339 e. The van der Waals surface area contributed by atoms with E-state index in [9.17, 15) is 9.18 Å². The molecule has 0 unspecified atom stereocenters. The van der Waals surface area contributed by atoms with Crippen LogP contribution >= 0.6 is 0 Å². The fourth-order valence-corrected chi connectivity index (χ4v) is 3.68. The molecule has 4 rings (SSSR count). The number of pyridine rings is 2. The van der Waals surface area contributed by atoms with Gasteiger partial charge in [-0.2, -0.15) is 0 Å². The van der Waals surface area contributed by atoms with Crippen LogP contribution in [0.3, 0.4) is 0 Å². The zero-order valence-corrected chi connectivity index (χ0v) is 16.3. The Morgan fingerprint density at radius 2 is 1.90 bits per heavy atom. The minimum Gasteiger partial charge on any atom is -0.462 e. The van der Waals surface area contributed by atoms with Gasteiger partial charge in [0, 0.05) is 55.7 Å². The van der Waals surface area contributed by atoms with Crippen LogP contribution in [0.15, 0.2) is 48.8 Å². The Bertz CT molecular complexity index is 1010. The van der Waals surface area contributed by atoms with Crippen LogP contribution in [0.1, 0.15) is 23.7 Å². The largest absolute Gasteiger partial charge is 0.462 e. The van der Waals surface area contributed by atoms with Crippen molar-refractivity contribution in [3.63, 3.8) is 0 Å². The number of rotatable bonds is 4.